The Kier molecular flexibility index (Phi) is 22.2. The van der Waals surface area contributed by atoms with Crippen molar-refractivity contribution in [3.8, 4) is 34.9 Å². The third-order valence-corrected chi connectivity index (χ3v) is 19.0. The molecule has 6 aromatic carbocycles. The quantitative estimate of drug-likeness (QED) is 0.0658. The van der Waals surface area contributed by atoms with Crippen LogP contribution in [0.4, 0.5) is 77.9 Å². The normalized spacial score (nSPS) is 14.1. The number of hydrogen-bond acceptors (Lipinski definition) is 21. The Labute approximate surface area is 617 Å². The molecule has 6 aromatic heterocycles. The summed E-state index contributed by atoms with van der Waals surface area (Å²) in [7, 11) is 2.11. The van der Waals surface area contributed by atoms with Crippen molar-refractivity contribution in [1.29, 1.82) is 0 Å². The molecule has 108 heavy (non-hydrogen) atoms. The summed E-state index contributed by atoms with van der Waals surface area (Å²) in [5.41, 5.74) is 8.23. The van der Waals surface area contributed by atoms with Crippen LogP contribution in [0.5, 0.6) is 34.9 Å². The molecule has 3 saturated heterocycles. The Bertz CT molecular complexity index is 5310. The maximum atomic E-state index is 15.2. The molecule has 15 rings (SSSR count). The highest BCUT2D eigenvalue weighted by Gasteiger charge is 2.26. The van der Waals surface area contributed by atoms with Crippen LogP contribution in [0.1, 0.15) is 59.2 Å². The topological polar surface area (TPSA) is 235 Å². The van der Waals surface area contributed by atoms with E-state index in [1.165, 1.54) is 52.7 Å². The van der Waals surface area contributed by atoms with Crippen molar-refractivity contribution in [2.45, 2.75) is 48.5 Å². The smallest absolute Gasteiger partial charge is 0.261 e. The number of nitrogens with one attached hydrogen (secondary N) is 4. The second-order valence-corrected chi connectivity index (χ2v) is 26.1. The fourth-order valence-corrected chi connectivity index (χ4v) is 13.4. The van der Waals surface area contributed by atoms with Crippen molar-refractivity contribution in [2.75, 3.05) is 123 Å². The van der Waals surface area contributed by atoms with Gasteiger partial charge in [-0.1, -0.05) is 6.92 Å². The number of aromatic nitrogens is 9. The van der Waals surface area contributed by atoms with Gasteiger partial charge in [0.2, 0.25) is 35.2 Å². The van der Waals surface area contributed by atoms with Gasteiger partial charge in [0.25, 0.3) is 17.6 Å². The van der Waals surface area contributed by atoms with E-state index in [1.807, 2.05) is 72.8 Å². The lowest BCUT2D eigenvalue weighted by Crippen LogP contribution is -2.46. The van der Waals surface area contributed by atoms with E-state index >= 15 is 26.3 Å². The SMILES string of the molecule is CC(=O)n1c(C)cc2c(F)c(Oc3ncnc(Nc4ccc(N5CCN(C)CC5)cc4)c3F)ccc21.CC(=O)n1c(C)cc2c(F)c(Oc3ncnc(Nc4ccc(N5CCNCC5)cc4)c3F)ccc21.CCN1CCN(c2ccc(Nc3ncnc(Oc4ccc5c(cc(C)n5C(C)=O)c4F)c3F)cc2)CC1. The predicted octanol–water partition coefficient (Wildman–Crippen LogP) is 14.9. The Morgan fingerprint density at radius 3 is 0.991 bits per heavy atom. The maximum Gasteiger partial charge on any atom is 0.261 e. The highest BCUT2D eigenvalue weighted by Crippen LogP contribution is 2.38. The van der Waals surface area contributed by atoms with E-state index in [9.17, 15) is 14.4 Å². The first-order valence-corrected chi connectivity index (χ1v) is 35.1. The average molecular weight is 1480 g/mol. The van der Waals surface area contributed by atoms with Gasteiger partial charge in [0.1, 0.15) is 19.0 Å². The third kappa shape index (κ3) is 16.0. The van der Waals surface area contributed by atoms with Crippen molar-refractivity contribution >= 4 is 102 Å². The molecular weight excluding hydrogens is 1400 g/mol. The molecule has 0 amide bonds. The molecule has 0 unspecified atom stereocenters. The number of carbonyl (C=O) groups is 3. The van der Waals surface area contributed by atoms with Gasteiger partial charge in [0.05, 0.1) is 16.6 Å². The van der Waals surface area contributed by atoms with Gasteiger partial charge in [-0.05, 0) is 162 Å². The second kappa shape index (κ2) is 32.3. The highest BCUT2D eigenvalue weighted by atomic mass is 19.1. The molecule has 0 atom stereocenters. The molecular formula is C78H78F6N18O6. The van der Waals surface area contributed by atoms with E-state index in [-0.39, 0.29) is 68.6 Å². The lowest BCUT2D eigenvalue weighted by molar-refractivity contribution is 0.0931. The van der Waals surface area contributed by atoms with Crippen LogP contribution < -0.4 is 50.2 Å². The lowest BCUT2D eigenvalue weighted by atomic mass is 10.2. The number of aryl methyl sites for hydroxylation is 3. The van der Waals surface area contributed by atoms with Crippen molar-refractivity contribution < 1.29 is 54.9 Å². The molecule has 3 aliphatic rings. The molecule has 0 spiro atoms. The summed E-state index contributed by atoms with van der Waals surface area (Å²) < 4.78 is 112. The molecule has 3 fully saturated rings. The fraction of sp³-hybridized carbons (Fsp3) is 0.269. The Balaban J connectivity index is 0.000000143. The van der Waals surface area contributed by atoms with Crippen molar-refractivity contribution in [2.24, 2.45) is 0 Å². The van der Waals surface area contributed by atoms with Crippen LogP contribution in [0.15, 0.2) is 146 Å². The number of halogens is 6. The molecule has 0 aliphatic carbocycles. The van der Waals surface area contributed by atoms with Gasteiger partial charge in [-0.3, -0.25) is 28.1 Å². The van der Waals surface area contributed by atoms with Crippen LogP contribution in [0, 0.1) is 55.7 Å². The minimum atomic E-state index is -0.851. The number of hydrogen-bond donors (Lipinski definition) is 4. The van der Waals surface area contributed by atoms with Crippen LogP contribution in [-0.2, 0) is 0 Å². The van der Waals surface area contributed by atoms with E-state index in [1.54, 1.807) is 57.2 Å². The second-order valence-electron chi connectivity index (χ2n) is 26.1. The zero-order valence-corrected chi connectivity index (χ0v) is 60.5. The van der Waals surface area contributed by atoms with Crippen LogP contribution >= 0.6 is 0 Å². The monoisotopic (exact) mass is 1480 g/mol. The Hall–Kier alpha value is -12.2. The van der Waals surface area contributed by atoms with E-state index in [4.69, 9.17) is 14.2 Å². The summed E-state index contributed by atoms with van der Waals surface area (Å²) in [5, 5.41) is 12.7. The molecule has 3 aliphatic heterocycles. The minimum absolute atomic E-state index is 0.0885. The maximum absolute atomic E-state index is 15.2. The van der Waals surface area contributed by atoms with Gasteiger partial charge in [-0.15, -0.1) is 0 Å². The predicted molar refractivity (Wildman–Crippen MR) is 403 cm³/mol. The van der Waals surface area contributed by atoms with Crippen molar-refractivity contribution in [3.63, 3.8) is 0 Å². The summed E-state index contributed by atoms with van der Waals surface area (Å²) in [6, 6.07) is 36.3. The minimum Gasteiger partial charge on any atom is -0.433 e. The van der Waals surface area contributed by atoms with E-state index < -0.39 is 52.5 Å². The first-order chi connectivity index (χ1) is 52.1. The van der Waals surface area contributed by atoms with Gasteiger partial charge in [0.15, 0.2) is 52.2 Å². The van der Waals surface area contributed by atoms with Crippen molar-refractivity contribution in [3.05, 3.63) is 198 Å². The summed E-state index contributed by atoms with van der Waals surface area (Å²) in [6.45, 7) is 24.2. The molecule has 30 heteroatoms. The fourth-order valence-electron chi connectivity index (χ4n) is 13.4. The number of anilines is 9. The molecule has 9 heterocycles. The summed E-state index contributed by atoms with van der Waals surface area (Å²) in [5.74, 6) is -7.49. The van der Waals surface area contributed by atoms with Gasteiger partial charge in [-0.2, -0.15) is 28.1 Å². The molecule has 12 aromatic rings. The van der Waals surface area contributed by atoms with Gasteiger partial charge in [-0.25, -0.2) is 28.1 Å². The zero-order valence-electron chi connectivity index (χ0n) is 60.5. The zero-order chi connectivity index (χ0) is 76.0. The number of fused-ring (bicyclic) bond motifs is 3. The average Bonchev–Trinajstić information content (AvgIpc) is 1.63. The highest BCUT2D eigenvalue weighted by molar-refractivity contribution is 5.96. The Morgan fingerprint density at radius 1 is 0.398 bits per heavy atom. The standard InChI is InChI=1S/C27H28F2N6O2.C26H26F2N6O2.C25H24F2N6O2/c1-4-33-11-13-34(14-12-33)20-7-5-19(6-8-20)32-26-25(29)27(31-16-30-26)37-23-10-9-22-21(24(23)28)15-17(2)35(22)18(3)36;1-16-14-20-21(34(16)17(2)35)8-9-22(23(20)27)36-26-24(28)25(29-15-30-26)31-18-4-6-19(7-5-18)33-12-10-32(3)11-13-33;1-15-13-19-20(33(15)16(2)34)7-8-21(22(19)26)35-25-23(27)24(29-14-30-25)31-17-3-5-18(6-4-17)32-11-9-28-10-12-32/h5-10,15-16H,4,11-14H2,1-3H3,(H,30,31,32);4-9,14-15H,10-13H2,1-3H3,(H,29,30,31);3-8,13-14,28H,9-12H2,1-2H3,(H,29,30,31). The molecule has 0 radical (unpaired) electrons. The first-order valence-electron chi connectivity index (χ1n) is 35.1. The number of benzene rings is 6. The summed E-state index contributed by atoms with van der Waals surface area (Å²) in [4.78, 5) is 70.8. The first kappa shape index (κ1) is 74.1. The van der Waals surface area contributed by atoms with Crippen LogP contribution in [0.25, 0.3) is 32.7 Å². The number of ether oxygens (including phenoxy) is 3. The van der Waals surface area contributed by atoms with Crippen LogP contribution in [0.3, 0.4) is 0 Å². The van der Waals surface area contributed by atoms with E-state index in [0.717, 1.165) is 121 Å². The van der Waals surface area contributed by atoms with Gasteiger partial charge < -0.3 is 60.0 Å². The molecule has 0 saturated carbocycles. The largest absolute Gasteiger partial charge is 0.433 e. The van der Waals surface area contributed by atoms with Gasteiger partial charge >= 0.3 is 0 Å². The van der Waals surface area contributed by atoms with Crippen LogP contribution in [-0.4, -0.2) is 163 Å². The van der Waals surface area contributed by atoms with E-state index in [0.29, 0.717) is 50.7 Å². The number of likely N-dealkylation sites (N-methyl/N-ethyl adjacent to an activating group) is 2. The number of carbonyl (C=O) groups excluding carboxylic acids is 3. The number of piperazine rings is 3. The number of nitrogens with zero attached hydrogens (tertiary/aromatic N) is 14. The molecule has 24 nitrogen and oxygen atoms in total. The lowest BCUT2D eigenvalue weighted by Gasteiger charge is -2.35. The molecule has 0 bridgehead atoms. The van der Waals surface area contributed by atoms with Gasteiger partial charge in [0, 0.05) is 167 Å². The van der Waals surface area contributed by atoms with Crippen molar-refractivity contribution in [1.82, 2.24) is 58.7 Å². The van der Waals surface area contributed by atoms with Crippen LogP contribution in [0.2, 0.25) is 0 Å². The molecule has 558 valence electrons. The number of rotatable bonds is 16. The third-order valence-electron chi connectivity index (χ3n) is 19.0. The molecule has 4 N–H and O–H groups in total. The Morgan fingerprint density at radius 2 is 0.694 bits per heavy atom. The summed E-state index contributed by atoms with van der Waals surface area (Å²) in [6.07, 6.45) is 3.43. The summed E-state index contributed by atoms with van der Waals surface area (Å²) >= 11 is 0. The van der Waals surface area contributed by atoms with E-state index in [2.05, 4.69) is 89.6 Å².